The molecule has 6 heteroatoms. The second-order valence-corrected chi connectivity index (χ2v) is 7.35. The van der Waals surface area contributed by atoms with Gasteiger partial charge in [-0.1, -0.05) is 61.7 Å². The molecule has 1 amide bonds. The predicted molar refractivity (Wildman–Crippen MR) is 113 cm³/mol. The lowest BCUT2D eigenvalue weighted by Gasteiger charge is -2.18. The van der Waals surface area contributed by atoms with Crippen LogP contribution in [0.1, 0.15) is 42.2 Å². The van der Waals surface area contributed by atoms with Crippen molar-refractivity contribution >= 4 is 28.3 Å². The van der Waals surface area contributed by atoms with Crippen LogP contribution in [0.4, 0.5) is 0 Å². The molecule has 0 saturated carbocycles. The molecule has 146 valence electrons. The molecule has 0 radical (unpaired) electrons. The average molecular weight is 398 g/mol. The van der Waals surface area contributed by atoms with Crippen LogP contribution >= 0.6 is 11.6 Å². The maximum atomic E-state index is 13.1. The molecule has 3 aromatic rings. The number of benzene rings is 2. The Bertz CT molecular complexity index is 1030. The van der Waals surface area contributed by atoms with Crippen molar-refractivity contribution in [3.8, 4) is 0 Å². The lowest BCUT2D eigenvalue weighted by molar-refractivity contribution is 0.0778. The Labute approximate surface area is 169 Å². The van der Waals surface area contributed by atoms with Crippen LogP contribution in [0.2, 0.25) is 5.02 Å². The number of carbonyl (C=O) groups is 1. The van der Waals surface area contributed by atoms with Crippen LogP contribution in [0.25, 0.3) is 10.8 Å². The summed E-state index contributed by atoms with van der Waals surface area (Å²) in [7, 11) is 1.74. The van der Waals surface area contributed by atoms with E-state index in [2.05, 4.69) is 12.0 Å². The number of aryl methyl sites for hydroxylation is 1. The Morgan fingerprint density at radius 3 is 2.43 bits per heavy atom. The van der Waals surface area contributed by atoms with E-state index in [1.165, 1.54) is 4.68 Å². The molecule has 0 saturated heterocycles. The summed E-state index contributed by atoms with van der Waals surface area (Å²) in [6.07, 6.45) is 2.93. The van der Waals surface area contributed by atoms with E-state index in [1.807, 2.05) is 24.3 Å². The highest BCUT2D eigenvalue weighted by atomic mass is 35.5. The summed E-state index contributed by atoms with van der Waals surface area (Å²) in [5.74, 6) is -0.213. The minimum absolute atomic E-state index is 0.149. The van der Waals surface area contributed by atoms with E-state index in [-0.39, 0.29) is 11.5 Å². The minimum atomic E-state index is -0.213. The highest BCUT2D eigenvalue weighted by Gasteiger charge is 2.20. The second-order valence-electron chi connectivity index (χ2n) is 6.92. The van der Waals surface area contributed by atoms with Crippen LogP contribution in [-0.4, -0.2) is 27.6 Å². The number of halogens is 1. The fourth-order valence-corrected chi connectivity index (χ4v) is 3.30. The molecular formula is C22H24ClN3O2. The molecule has 0 aliphatic carbocycles. The Hall–Kier alpha value is -2.66. The van der Waals surface area contributed by atoms with Gasteiger partial charge in [0.2, 0.25) is 0 Å². The Morgan fingerprint density at radius 2 is 1.75 bits per heavy atom. The maximum Gasteiger partial charge on any atom is 0.274 e. The smallest absolute Gasteiger partial charge is 0.274 e. The van der Waals surface area contributed by atoms with E-state index < -0.39 is 0 Å². The third-order valence-corrected chi connectivity index (χ3v) is 4.98. The van der Waals surface area contributed by atoms with Gasteiger partial charge in [-0.3, -0.25) is 9.59 Å². The molecule has 0 aliphatic rings. The summed E-state index contributed by atoms with van der Waals surface area (Å²) >= 11 is 5.93. The number of nitrogens with zero attached hydrogens (tertiary/aromatic N) is 3. The number of rotatable bonds is 7. The lowest BCUT2D eigenvalue weighted by Crippen LogP contribution is -2.32. The summed E-state index contributed by atoms with van der Waals surface area (Å²) in [4.78, 5) is 27.5. The molecular weight excluding hydrogens is 374 g/mol. The maximum absolute atomic E-state index is 13.1. The highest BCUT2D eigenvalue weighted by molar-refractivity contribution is 6.30. The van der Waals surface area contributed by atoms with Crippen LogP contribution in [0.15, 0.2) is 53.3 Å². The number of hydrogen-bond donors (Lipinski definition) is 0. The molecule has 5 nitrogen and oxygen atoms in total. The van der Waals surface area contributed by atoms with Gasteiger partial charge in [-0.15, -0.1) is 0 Å². The normalized spacial score (nSPS) is 11.0. The van der Waals surface area contributed by atoms with Gasteiger partial charge in [0.25, 0.3) is 11.5 Å². The van der Waals surface area contributed by atoms with E-state index >= 15 is 0 Å². The fourth-order valence-electron chi connectivity index (χ4n) is 3.17. The fraction of sp³-hybridized carbons (Fsp3) is 0.318. The van der Waals surface area contributed by atoms with Crippen LogP contribution < -0.4 is 5.56 Å². The summed E-state index contributed by atoms with van der Waals surface area (Å²) in [6.45, 7) is 3.05. The van der Waals surface area contributed by atoms with Crippen molar-refractivity contribution in [2.75, 3.05) is 7.05 Å². The lowest BCUT2D eigenvalue weighted by atomic mass is 10.1. The van der Waals surface area contributed by atoms with E-state index in [1.54, 1.807) is 36.2 Å². The molecule has 28 heavy (non-hydrogen) atoms. The molecule has 0 atom stereocenters. The first-order valence-electron chi connectivity index (χ1n) is 9.51. The summed E-state index contributed by atoms with van der Waals surface area (Å²) in [5, 5.41) is 6.21. The SMILES string of the molecule is CCCCCn1nc(C(=O)N(C)Cc2ccc(Cl)cc2)c2ccccc2c1=O. The third-order valence-electron chi connectivity index (χ3n) is 4.72. The third kappa shape index (κ3) is 4.42. The Morgan fingerprint density at radius 1 is 1.07 bits per heavy atom. The number of carbonyl (C=O) groups excluding carboxylic acids is 1. The van der Waals surface area contributed by atoms with E-state index in [0.29, 0.717) is 34.6 Å². The molecule has 0 fully saturated rings. The monoisotopic (exact) mass is 397 g/mol. The van der Waals surface area contributed by atoms with Gasteiger partial charge in [-0.2, -0.15) is 5.10 Å². The van der Waals surface area contributed by atoms with Crippen LogP contribution in [-0.2, 0) is 13.1 Å². The number of hydrogen-bond acceptors (Lipinski definition) is 3. The number of amides is 1. The standard InChI is InChI=1S/C22H24ClN3O2/c1-3-4-7-14-26-21(27)19-9-6-5-8-18(19)20(24-26)22(28)25(2)15-16-10-12-17(23)13-11-16/h5-6,8-13H,3-4,7,14-15H2,1-2H3. The predicted octanol–water partition coefficient (Wildman–Crippen LogP) is 4.51. The van der Waals surface area contributed by atoms with Gasteiger partial charge in [0.15, 0.2) is 5.69 Å². The van der Waals surface area contributed by atoms with E-state index in [0.717, 1.165) is 24.8 Å². The number of unbranched alkanes of at least 4 members (excludes halogenated alkanes) is 2. The van der Waals surface area contributed by atoms with Gasteiger partial charge in [0.05, 0.1) is 5.39 Å². The van der Waals surface area contributed by atoms with Gasteiger partial charge in [-0.05, 0) is 30.2 Å². The van der Waals surface area contributed by atoms with Gasteiger partial charge in [0.1, 0.15) is 0 Å². The highest BCUT2D eigenvalue weighted by Crippen LogP contribution is 2.17. The minimum Gasteiger partial charge on any atom is -0.336 e. The largest absolute Gasteiger partial charge is 0.336 e. The Balaban J connectivity index is 1.95. The number of aromatic nitrogens is 2. The molecule has 0 spiro atoms. The van der Waals surface area contributed by atoms with Crippen molar-refractivity contribution in [1.82, 2.24) is 14.7 Å². The van der Waals surface area contributed by atoms with Gasteiger partial charge >= 0.3 is 0 Å². The van der Waals surface area contributed by atoms with Gasteiger partial charge in [-0.25, -0.2) is 4.68 Å². The van der Waals surface area contributed by atoms with E-state index in [9.17, 15) is 9.59 Å². The van der Waals surface area contributed by atoms with Crippen molar-refractivity contribution in [2.24, 2.45) is 0 Å². The number of fused-ring (bicyclic) bond motifs is 1. The Kier molecular flexibility index (Phi) is 6.47. The van der Waals surface area contributed by atoms with Crippen molar-refractivity contribution in [3.05, 3.63) is 75.2 Å². The van der Waals surface area contributed by atoms with Crippen molar-refractivity contribution < 1.29 is 4.79 Å². The van der Waals surface area contributed by atoms with E-state index in [4.69, 9.17) is 11.6 Å². The zero-order valence-corrected chi connectivity index (χ0v) is 16.9. The first-order valence-corrected chi connectivity index (χ1v) is 9.89. The molecule has 0 unspecified atom stereocenters. The molecule has 0 aliphatic heterocycles. The summed E-state index contributed by atoms with van der Waals surface area (Å²) in [6, 6.07) is 14.6. The van der Waals surface area contributed by atoms with Crippen LogP contribution in [0.3, 0.4) is 0 Å². The van der Waals surface area contributed by atoms with Gasteiger partial charge < -0.3 is 4.90 Å². The average Bonchev–Trinajstić information content (AvgIpc) is 2.71. The second kappa shape index (κ2) is 9.02. The van der Waals surface area contributed by atoms with Crippen molar-refractivity contribution in [3.63, 3.8) is 0 Å². The van der Waals surface area contributed by atoms with Crippen molar-refractivity contribution in [2.45, 2.75) is 39.3 Å². The topological polar surface area (TPSA) is 55.2 Å². The molecule has 0 N–H and O–H groups in total. The first kappa shape index (κ1) is 20.1. The van der Waals surface area contributed by atoms with Crippen LogP contribution in [0.5, 0.6) is 0 Å². The van der Waals surface area contributed by atoms with Gasteiger partial charge in [0, 0.05) is 30.5 Å². The molecule has 1 heterocycles. The summed E-state index contributed by atoms with van der Waals surface area (Å²) < 4.78 is 1.43. The zero-order valence-electron chi connectivity index (χ0n) is 16.2. The van der Waals surface area contributed by atoms with Crippen molar-refractivity contribution in [1.29, 1.82) is 0 Å². The summed E-state index contributed by atoms with van der Waals surface area (Å²) in [5.41, 5.74) is 1.13. The molecule has 2 aromatic carbocycles. The molecule has 3 rings (SSSR count). The quantitative estimate of drug-likeness (QED) is 0.551. The first-order chi connectivity index (χ1) is 13.5. The molecule has 0 bridgehead atoms. The van der Waals surface area contributed by atoms with Crippen LogP contribution in [0, 0.1) is 0 Å². The molecule has 1 aromatic heterocycles. The zero-order chi connectivity index (χ0) is 20.1.